The molecular weight excluding hydrogens is 387 g/mol. The molecule has 0 radical (unpaired) electrons. The van der Waals surface area contributed by atoms with E-state index in [2.05, 4.69) is 10.1 Å². The first-order valence-electron chi connectivity index (χ1n) is 7.89. The highest BCUT2D eigenvalue weighted by Gasteiger charge is 2.33. The number of nitrogens with one attached hydrogen (secondary N) is 1. The standard InChI is InChI=1S/C18H18F3NO4.ClH/c1-23-12-4-6-15(24-2)14(8-12)11-3-5-16(25-13-9-22-10-13)17(7-11)26-18(19,20)21;/h3-8,13,22H,9-10H2,1-2H3;1H. The molecule has 148 valence electrons. The van der Waals surface area contributed by atoms with Crippen LogP contribution in [0.1, 0.15) is 0 Å². The van der Waals surface area contributed by atoms with Crippen LogP contribution in [0.25, 0.3) is 11.1 Å². The molecule has 0 aliphatic carbocycles. The molecular formula is C18H19ClF3NO4. The van der Waals surface area contributed by atoms with E-state index in [1.54, 1.807) is 24.3 Å². The lowest BCUT2D eigenvalue weighted by Gasteiger charge is -2.28. The zero-order valence-electron chi connectivity index (χ0n) is 14.6. The second kappa shape index (κ2) is 8.58. The van der Waals surface area contributed by atoms with Gasteiger partial charge in [-0.15, -0.1) is 25.6 Å². The molecule has 1 aliphatic rings. The van der Waals surface area contributed by atoms with Crippen molar-refractivity contribution in [1.29, 1.82) is 0 Å². The molecule has 9 heteroatoms. The van der Waals surface area contributed by atoms with Gasteiger partial charge < -0.3 is 24.3 Å². The van der Waals surface area contributed by atoms with E-state index < -0.39 is 12.1 Å². The summed E-state index contributed by atoms with van der Waals surface area (Å²) in [6, 6.07) is 9.48. The summed E-state index contributed by atoms with van der Waals surface area (Å²) in [5.41, 5.74) is 1.06. The third kappa shape index (κ3) is 5.11. The van der Waals surface area contributed by atoms with Gasteiger partial charge >= 0.3 is 6.36 Å². The minimum Gasteiger partial charge on any atom is -0.497 e. The van der Waals surface area contributed by atoms with Gasteiger partial charge in [0.05, 0.1) is 14.2 Å². The summed E-state index contributed by atoms with van der Waals surface area (Å²) >= 11 is 0. The van der Waals surface area contributed by atoms with Crippen molar-refractivity contribution in [3.63, 3.8) is 0 Å². The van der Waals surface area contributed by atoms with Crippen LogP contribution in [0.2, 0.25) is 0 Å². The average Bonchev–Trinajstić information content (AvgIpc) is 2.57. The smallest absolute Gasteiger partial charge is 0.497 e. The topological polar surface area (TPSA) is 49.0 Å². The molecule has 2 aromatic carbocycles. The third-order valence-electron chi connectivity index (χ3n) is 3.92. The van der Waals surface area contributed by atoms with Crippen molar-refractivity contribution in [3.05, 3.63) is 36.4 Å². The van der Waals surface area contributed by atoms with E-state index in [0.717, 1.165) is 0 Å². The van der Waals surface area contributed by atoms with Gasteiger partial charge in [0.1, 0.15) is 17.6 Å². The van der Waals surface area contributed by atoms with Crippen LogP contribution in [0.3, 0.4) is 0 Å². The summed E-state index contributed by atoms with van der Waals surface area (Å²) in [5.74, 6) is 0.701. The highest BCUT2D eigenvalue weighted by atomic mass is 35.5. The lowest BCUT2D eigenvalue weighted by atomic mass is 10.0. The molecule has 5 nitrogen and oxygen atoms in total. The van der Waals surface area contributed by atoms with Crippen LogP contribution in [-0.2, 0) is 0 Å². The number of hydrogen-bond donors (Lipinski definition) is 1. The van der Waals surface area contributed by atoms with Crippen molar-refractivity contribution < 1.29 is 32.1 Å². The first-order valence-corrected chi connectivity index (χ1v) is 7.89. The fourth-order valence-corrected chi connectivity index (χ4v) is 2.54. The summed E-state index contributed by atoms with van der Waals surface area (Å²) in [4.78, 5) is 0. The Balaban J connectivity index is 0.00000261. The molecule has 0 aromatic heterocycles. The maximum atomic E-state index is 12.8. The van der Waals surface area contributed by atoms with Crippen LogP contribution in [0.4, 0.5) is 13.2 Å². The van der Waals surface area contributed by atoms with Crippen LogP contribution in [0, 0.1) is 0 Å². The molecule has 1 saturated heterocycles. The number of rotatable bonds is 6. The molecule has 3 rings (SSSR count). The van der Waals surface area contributed by atoms with E-state index in [9.17, 15) is 13.2 Å². The molecule has 27 heavy (non-hydrogen) atoms. The van der Waals surface area contributed by atoms with Crippen LogP contribution in [0.15, 0.2) is 36.4 Å². The highest BCUT2D eigenvalue weighted by molar-refractivity contribution is 5.85. The molecule has 1 N–H and O–H groups in total. The van der Waals surface area contributed by atoms with E-state index in [4.69, 9.17) is 14.2 Å². The second-order valence-corrected chi connectivity index (χ2v) is 5.67. The summed E-state index contributed by atoms with van der Waals surface area (Å²) in [5, 5.41) is 3.00. The van der Waals surface area contributed by atoms with Crippen molar-refractivity contribution in [2.45, 2.75) is 12.5 Å². The molecule has 2 aromatic rings. The van der Waals surface area contributed by atoms with Crippen LogP contribution in [0.5, 0.6) is 23.0 Å². The summed E-state index contributed by atoms with van der Waals surface area (Å²) in [6.07, 6.45) is -5.00. The van der Waals surface area contributed by atoms with Gasteiger partial charge in [-0.1, -0.05) is 6.07 Å². The number of halogens is 4. The Morgan fingerprint density at radius 2 is 1.63 bits per heavy atom. The Morgan fingerprint density at radius 1 is 0.926 bits per heavy atom. The van der Waals surface area contributed by atoms with Gasteiger partial charge in [0.25, 0.3) is 0 Å². The van der Waals surface area contributed by atoms with Gasteiger partial charge in [0, 0.05) is 18.7 Å². The predicted molar refractivity (Wildman–Crippen MR) is 96.2 cm³/mol. The van der Waals surface area contributed by atoms with Crippen molar-refractivity contribution in [3.8, 4) is 34.1 Å². The Hall–Kier alpha value is -2.32. The SMILES string of the molecule is COc1ccc(OC)c(-c2ccc(OC3CNC3)c(OC(F)(F)F)c2)c1.Cl. The number of benzene rings is 2. The normalized spacial score (nSPS) is 14.0. The minimum absolute atomic E-state index is 0. The number of ether oxygens (including phenoxy) is 4. The van der Waals surface area contributed by atoms with Gasteiger partial charge in [-0.25, -0.2) is 0 Å². The van der Waals surface area contributed by atoms with Gasteiger partial charge in [0.15, 0.2) is 11.5 Å². The van der Waals surface area contributed by atoms with Crippen LogP contribution >= 0.6 is 12.4 Å². The maximum Gasteiger partial charge on any atom is 0.573 e. The highest BCUT2D eigenvalue weighted by Crippen LogP contribution is 2.40. The quantitative estimate of drug-likeness (QED) is 0.786. The Kier molecular flexibility index (Phi) is 6.67. The van der Waals surface area contributed by atoms with Gasteiger partial charge in [-0.2, -0.15) is 0 Å². The van der Waals surface area contributed by atoms with Crippen molar-refractivity contribution >= 4 is 12.4 Å². The lowest BCUT2D eigenvalue weighted by molar-refractivity contribution is -0.275. The minimum atomic E-state index is -4.83. The van der Waals surface area contributed by atoms with Gasteiger partial charge in [-0.3, -0.25) is 0 Å². The Labute approximate surface area is 160 Å². The maximum absolute atomic E-state index is 12.8. The Bertz CT molecular complexity index is 782. The van der Waals surface area contributed by atoms with Gasteiger partial charge in [-0.05, 0) is 35.9 Å². The monoisotopic (exact) mass is 405 g/mol. The van der Waals surface area contributed by atoms with Gasteiger partial charge in [0.2, 0.25) is 0 Å². The molecule has 0 amide bonds. The largest absolute Gasteiger partial charge is 0.573 e. The number of hydrogen-bond acceptors (Lipinski definition) is 5. The van der Waals surface area contributed by atoms with Crippen molar-refractivity contribution in [1.82, 2.24) is 5.32 Å². The van der Waals surface area contributed by atoms with Crippen molar-refractivity contribution in [2.24, 2.45) is 0 Å². The second-order valence-electron chi connectivity index (χ2n) is 5.67. The van der Waals surface area contributed by atoms with E-state index in [1.165, 1.54) is 26.4 Å². The lowest BCUT2D eigenvalue weighted by Crippen LogP contribution is -2.50. The molecule has 1 aliphatic heterocycles. The van der Waals surface area contributed by atoms with E-state index in [-0.39, 0.29) is 24.3 Å². The summed E-state index contributed by atoms with van der Waals surface area (Å²) in [6.45, 7) is 1.16. The first kappa shape index (κ1) is 21.0. The number of alkyl halides is 3. The fourth-order valence-electron chi connectivity index (χ4n) is 2.54. The molecule has 1 heterocycles. The van der Waals surface area contributed by atoms with Crippen LogP contribution in [-0.4, -0.2) is 39.8 Å². The third-order valence-corrected chi connectivity index (χ3v) is 3.92. The fraction of sp³-hybridized carbons (Fsp3) is 0.333. The predicted octanol–water partition coefficient (Wildman–Crippen LogP) is 4.04. The van der Waals surface area contributed by atoms with E-state index >= 15 is 0 Å². The Morgan fingerprint density at radius 3 is 2.19 bits per heavy atom. The molecule has 0 atom stereocenters. The summed E-state index contributed by atoms with van der Waals surface area (Å²) < 4.78 is 58.7. The first-order chi connectivity index (χ1) is 12.4. The molecule has 0 bridgehead atoms. The molecule has 0 unspecified atom stereocenters. The van der Waals surface area contributed by atoms with E-state index in [0.29, 0.717) is 35.7 Å². The summed E-state index contributed by atoms with van der Waals surface area (Å²) in [7, 11) is 2.99. The average molecular weight is 406 g/mol. The van der Waals surface area contributed by atoms with E-state index in [1.807, 2.05) is 0 Å². The molecule has 0 saturated carbocycles. The number of methoxy groups -OCH3 is 2. The zero-order valence-corrected chi connectivity index (χ0v) is 15.4. The zero-order chi connectivity index (χ0) is 18.7. The van der Waals surface area contributed by atoms with Crippen molar-refractivity contribution in [2.75, 3.05) is 27.3 Å². The molecule has 1 fully saturated rings. The van der Waals surface area contributed by atoms with Crippen LogP contribution < -0.4 is 24.3 Å². The molecule has 0 spiro atoms.